The predicted molar refractivity (Wildman–Crippen MR) is 119 cm³/mol. The Kier molecular flexibility index (Phi) is 5.70. The molecule has 150 valence electrons. The number of ketones is 1. The SMILES string of the molecule is CCOC(=O)c1cc(C(=O)c2ccc(Cl)cc2)n2cnc(-c3ccc(Br)cc3)cc12. The van der Waals surface area contributed by atoms with Crippen LogP contribution in [0.3, 0.4) is 0 Å². The zero-order valence-corrected chi connectivity index (χ0v) is 18.3. The molecule has 30 heavy (non-hydrogen) atoms. The third kappa shape index (κ3) is 3.88. The molecule has 4 aromatic rings. The first-order valence-corrected chi connectivity index (χ1v) is 10.4. The Bertz CT molecular complexity index is 1250. The quantitative estimate of drug-likeness (QED) is 0.265. The normalized spacial score (nSPS) is 10.9. The maximum Gasteiger partial charge on any atom is 0.340 e. The lowest BCUT2D eigenvalue weighted by atomic mass is 10.1. The van der Waals surface area contributed by atoms with Crippen molar-refractivity contribution in [2.24, 2.45) is 0 Å². The van der Waals surface area contributed by atoms with Gasteiger partial charge in [0.2, 0.25) is 5.78 Å². The second kappa shape index (κ2) is 8.42. The fourth-order valence-electron chi connectivity index (χ4n) is 3.17. The van der Waals surface area contributed by atoms with Crippen molar-refractivity contribution in [2.45, 2.75) is 6.92 Å². The van der Waals surface area contributed by atoms with Crippen molar-refractivity contribution < 1.29 is 14.3 Å². The van der Waals surface area contributed by atoms with Crippen molar-refractivity contribution in [3.8, 4) is 11.3 Å². The maximum atomic E-state index is 13.1. The van der Waals surface area contributed by atoms with Gasteiger partial charge < -0.3 is 4.74 Å². The number of hydrogen-bond acceptors (Lipinski definition) is 4. The molecule has 0 N–H and O–H groups in total. The molecule has 2 aromatic heterocycles. The van der Waals surface area contributed by atoms with Crippen molar-refractivity contribution >= 4 is 44.8 Å². The summed E-state index contributed by atoms with van der Waals surface area (Å²) in [5.41, 5.74) is 3.23. The molecule has 0 aliphatic carbocycles. The molecule has 2 heterocycles. The maximum absolute atomic E-state index is 13.1. The molecule has 0 aliphatic rings. The number of hydrogen-bond donors (Lipinski definition) is 0. The number of benzene rings is 2. The zero-order chi connectivity index (χ0) is 21.3. The summed E-state index contributed by atoms with van der Waals surface area (Å²) in [5.74, 6) is -0.728. The van der Waals surface area contributed by atoms with Gasteiger partial charge in [-0.1, -0.05) is 39.7 Å². The molecule has 0 amide bonds. The summed E-state index contributed by atoms with van der Waals surface area (Å²) in [6, 6.07) is 17.6. The molecule has 0 radical (unpaired) electrons. The summed E-state index contributed by atoms with van der Waals surface area (Å²) in [4.78, 5) is 30.2. The molecule has 2 aromatic carbocycles. The van der Waals surface area contributed by atoms with Crippen LogP contribution in [-0.2, 0) is 4.74 Å². The van der Waals surface area contributed by atoms with Crippen molar-refractivity contribution in [1.82, 2.24) is 9.38 Å². The van der Waals surface area contributed by atoms with Crippen molar-refractivity contribution in [3.05, 3.63) is 93.3 Å². The van der Waals surface area contributed by atoms with Crippen LogP contribution in [0.1, 0.15) is 33.3 Å². The third-order valence-corrected chi connectivity index (χ3v) is 5.42. The largest absolute Gasteiger partial charge is 0.462 e. The van der Waals surface area contributed by atoms with Gasteiger partial charge >= 0.3 is 5.97 Å². The van der Waals surface area contributed by atoms with Gasteiger partial charge in [-0.3, -0.25) is 9.20 Å². The lowest BCUT2D eigenvalue weighted by Crippen LogP contribution is -2.05. The smallest absolute Gasteiger partial charge is 0.340 e. The third-order valence-electron chi connectivity index (χ3n) is 4.64. The molecule has 4 rings (SSSR count). The monoisotopic (exact) mass is 482 g/mol. The Morgan fingerprint density at radius 2 is 1.77 bits per heavy atom. The van der Waals surface area contributed by atoms with Crippen LogP contribution in [-0.4, -0.2) is 27.7 Å². The summed E-state index contributed by atoms with van der Waals surface area (Å²) in [6.45, 7) is 1.98. The van der Waals surface area contributed by atoms with E-state index in [0.29, 0.717) is 33.1 Å². The lowest BCUT2D eigenvalue weighted by molar-refractivity contribution is 0.0529. The van der Waals surface area contributed by atoms with Gasteiger partial charge in [-0.25, -0.2) is 9.78 Å². The highest BCUT2D eigenvalue weighted by Crippen LogP contribution is 2.26. The second-order valence-corrected chi connectivity index (χ2v) is 7.89. The van der Waals surface area contributed by atoms with Crippen molar-refractivity contribution in [3.63, 3.8) is 0 Å². The van der Waals surface area contributed by atoms with Gasteiger partial charge in [0.05, 0.1) is 29.1 Å². The molecule has 0 saturated heterocycles. The minimum atomic E-state index is -0.488. The lowest BCUT2D eigenvalue weighted by Gasteiger charge is -2.06. The van der Waals surface area contributed by atoms with Crippen molar-refractivity contribution in [1.29, 1.82) is 0 Å². The van der Waals surface area contributed by atoms with Crippen LogP contribution in [0.4, 0.5) is 0 Å². The molecule has 0 saturated carbocycles. The standard InChI is InChI=1S/C23H16BrClN2O3/c1-2-30-23(29)18-11-21(22(28)15-5-9-17(25)10-6-15)27-13-26-19(12-20(18)27)14-3-7-16(24)8-4-14/h3-13H,2H2,1H3. The van der Waals surface area contributed by atoms with E-state index in [-0.39, 0.29) is 12.4 Å². The number of halogens is 2. The molecule has 0 unspecified atom stereocenters. The summed E-state index contributed by atoms with van der Waals surface area (Å²) < 4.78 is 7.78. The number of carbonyl (C=O) groups is 2. The van der Waals surface area contributed by atoms with E-state index < -0.39 is 5.97 Å². The summed E-state index contributed by atoms with van der Waals surface area (Å²) in [5, 5.41) is 0.541. The molecule has 0 aliphatic heterocycles. The molecule has 0 fully saturated rings. The first-order chi connectivity index (χ1) is 14.5. The Labute approximate surface area is 186 Å². The molecule has 0 bridgehead atoms. The highest BCUT2D eigenvalue weighted by Gasteiger charge is 2.22. The fraction of sp³-hybridized carbons (Fsp3) is 0.0870. The van der Waals surface area contributed by atoms with E-state index in [1.54, 1.807) is 54.0 Å². The molecule has 5 nitrogen and oxygen atoms in total. The van der Waals surface area contributed by atoms with Crippen molar-refractivity contribution in [2.75, 3.05) is 6.61 Å². The van der Waals surface area contributed by atoms with Crippen LogP contribution in [0, 0.1) is 0 Å². The second-order valence-electron chi connectivity index (χ2n) is 6.54. The number of aromatic nitrogens is 2. The van der Waals surface area contributed by atoms with Crippen LogP contribution in [0.2, 0.25) is 5.02 Å². The van der Waals surface area contributed by atoms with E-state index in [9.17, 15) is 9.59 Å². The Morgan fingerprint density at radius 1 is 1.07 bits per heavy atom. The van der Waals surface area contributed by atoms with Gasteiger partial charge in [0.25, 0.3) is 0 Å². The molecule has 0 spiro atoms. The van der Waals surface area contributed by atoms with Gasteiger partial charge in [-0.15, -0.1) is 0 Å². The van der Waals surface area contributed by atoms with E-state index in [2.05, 4.69) is 20.9 Å². The molecule has 7 heteroatoms. The number of esters is 1. The number of ether oxygens (including phenoxy) is 1. The molecule has 0 atom stereocenters. The van der Waals surface area contributed by atoms with Gasteiger partial charge in [-0.05, 0) is 55.5 Å². The van der Waals surface area contributed by atoms with E-state index >= 15 is 0 Å². The summed E-state index contributed by atoms with van der Waals surface area (Å²) >= 11 is 9.35. The van der Waals surface area contributed by atoms with Crippen LogP contribution in [0.5, 0.6) is 0 Å². The van der Waals surface area contributed by atoms with Crippen LogP contribution in [0.15, 0.2) is 71.5 Å². The average molecular weight is 484 g/mol. The topological polar surface area (TPSA) is 60.7 Å². The predicted octanol–water partition coefficient (Wildman–Crippen LogP) is 5.82. The Hall–Kier alpha value is -2.96. The number of fused-ring (bicyclic) bond motifs is 1. The van der Waals surface area contributed by atoms with Gasteiger partial charge in [0.15, 0.2) is 0 Å². The fourth-order valence-corrected chi connectivity index (χ4v) is 3.56. The van der Waals surface area contributed by atoms with E-state index in [0.717, 1.165) is 10.0 Å². The number of rotatable bonds is 5. The highest BCUT2D eigenvalue weighted by molar-refractivity contribution is 9.10. The van der Waals surface area contributed by atoms with Crippen LogP contribution >= 0.6 is 27.5 Å². The Balaban J connectivity index is 1.87. The van der Waals surface area contributed by atoms with E-state index in [4.69, 9.17) is 16.3 Å². The summed E-state index contributed by atoms with van der Waals surface area (Å²) in [7, 11) is 0. The van der Waals surface area contributed by atoms with Gasteiger partial charge in [0, 0.05) is 20.6 Å². The number of carbonyl (C=O) groups excluding carboxylic acids is 2. The molecular formula is C23H16BrClN2O3. The van der Waals surface area contributed by atoms with E-state index in [1.807, 2.05) is 24.3 Å². The Morgan fingerprint density at radius 3 is 2.43 bits per heavy atom. The van der Waals surface area contributed by atoms with Crippen LogP contribution < -0.4 is 0 Å². The zero-order valence-electron chi connectivity index (χ0n) is 15.9. The number of nitrogens with zero attached hydrogens (tertiary/aromatic N) is 2. The average Bonchev–Trinajstić information content (AvgIpc) is 3.13. The first kappa shape index (κ1) is 20.3. The molecular weight excluding hydrogens is 468 g/mol. The van der Waals surface area contributed by atoms with Gasteiger partial charge in [-0.2, -0.15) is 0 Å². The minimum absolute atomic E-state index is 0.237. The van der Waals surface area contributed by atoms with Crippen LogP contribution in [0.25, 0.3) is 16.8 Å². The summed E-state index contributed by atoms with van der Waals surface area (Å²) in [6.07, 6.45) is 1.55. The van der Waals surface area contributed by atoms with E-state index in [1.165, 1.54) is 0 Å². The highest BCUT2D eigenvalue weighted by atomic mass is 79.9. The minimum Gasteiger partial charge on any atom is -0.462 e. The van der Waals surface area contributed by atoms with Gasteiger partial charge in [0.1, 0.15) is 6.33 Å². The first-order valence-electron chi connectivity index (χ1n) is 9.22.